The summed E-state index contributed by atoms with van der Waals surface area (Å²) in [5.41, 5.74) is 0.424. The van der Waals surface area contributed by atoms with Gasteiger partial charge in [0, 0.05) is 0 Å². The Morgan fingerprint density at radius 3 is 2.60 bits per heavy atom. The van der Waals surface area contributed by atoms with Gasteiger partial charge in [0.05, 0.1) is 25.8 Å². The number of rotatable bonds is 5. The van der Waals surface area contributed by atoms with Crippen molar-refractivity contribution in [3.8, 4) is 17.6 Å². The molecule has 0 aliphatic carbocycles. The SMILES string of the molecule is CCOC(=O)/C(C#N)=C\c1cc(Cl)c(OC)c(OC)c1. The van der Waals surface area contributed by atoms with Gasteiger partial charge in [-0.15, -0.1) is 0 Å². The average Bonchev–Trinajstić information content (AvgIpc) is 2.44. The van der Waals surface area contributed by atoms with E-state index in [1.807, 2.05) is 0 Å². The molecule has 5 nitrogen and oxygen atoms in total. The third-order valence-corrected chi connectivity index (χ3v) is 2.66. The highest BCUT2D eigenvalue weighted by atomic mass is 35.5. The molecule has 0 amide bonds. The molecule has 0 spiro atoms. The lowest BCUT2D eigenvalue weighted by atomic mass is 10.1. The molecule has 0 saturated heterocycles. The van der Waals surface area contributed by atoms with Crippen molar-refractivity contribution in [3.05, 3.63) is 28.3 Å². The minimum atomic E-state index is -0.680. The molecular weight excluding hydrogens is 282 g/mol. The van der Waals surface area contributed by atoms with Crippen molar-refractivity contribution in [3.63, 3.8) is 0 Å². The molecule has 0 bridgehead atoms. The Balaban J connectivity index is 3.23. The van der Waals surface area contributed by atoms with Gasteiger partial charge >= 0.3 is 5.97 Å². The van der Waals surface area contributed by atoms with E-state index in [0.29, 0.717) is 22.1 Å². The molecule has 0 radical (unpaired) electrons. The lowest BCUT2D eigenvalue weighted by Gasteiger charge is -2.10. The van der Waals surface area contributed by atoms with Crippen molar-refractivity contribution < 1.29 is 19.0 Å². The van der Waals surface area contributed by atoms with Gasteiger partial charge in [-0.25, -0.2) is 4.79 Å². The van der Waals surface area contributed by atoms with Crippen LogP contribution >= 0.6 is 11.6 Å². The van der Waals surface area contributed by atoms with Crippen LogP contribution in [0.4, 0.5) is 0 Å². The predicted molar refractivity (Wildman–Crippen MR) is 74.8 cm³/mol. The van der Waals surface area contributed by atoms with E-state index >= 15 is 0 Å². The number of benzene rings is 1. The lowest BCUT2D eigenvalue weighted by molar-refractivity contribution is -0.137. The van der Waals surface area contributed by atoms with Crippen molar-refractivity contribution in [2.24, 2.45) is 0 Å². The fourth-order valence-corrected chi connectivity index (χ4v) is 1.83. The summed E-state index contributed by atoms with van der Waals surface area (Å²) in [6.45, 7) is 1.87. The van der Waals surface area contributed by atoms with Gasteiger partial charge in [-0.2, -0.15) is 5.26 Å². The first-order valence-electron chi connectivity index (χ1n) is 5.77. The maximum absolute atomic E-state index is 11.5. The Bertz CT molecular complexity index is 575. The standard InChI is InChI=1S/C14H14ClNO4/c1-4-20-14(17)10(8-16)5-9-6-11(15)13(19-3)12(7-9)18-2/h5-7H,4H2,1-3H3/b10-5-. The molecule has 106 valence electrons. The summed E-state index contributed by atoms with van der Waals surface area (Å²) in [6.07, 6.45) is 1.38. The number of esters is 1. The van der Waals surface area contributed by atoms with E-state index in [-0.39, 0.29) is 12.2 Å². The van der Waals surface area contributed by atoms with Crippen LogP contribution in [0.5, 0.6) is 11.5 Å². The zero-order valence-corrected chi connectivity index (χ0v) is 12.2. The molecule has 0 aromatic heterocycles. The highest BCUT2D eigenvalue weighted by Crippen LogP contribution is 2.36. The second kappa shape index (κ2) is 7.41. The van der Waals surface area contributed by atoms with E-state index in [9.17, 15) is 4.79 Å². The fraction of sp³-hybridized carbons (Fsp3) is 0.286. The van der Waals surface area contributed by atoms with E-state index in [2.05, 4.69) is 0 Å². The number of ether oxygens (including phenoxy) is 3. The van der Waals surface area contributed by atoms with Crippen LogP contribution in [0.15, 0.2) is 17.7 Å². The molecule has 0 saturated carbocycles. The third kappa shape index (κ3) is 3.65. The van der Waals surface area contributed by atoms with Crippen LogP contribution in [0.3, 0.4) is 0 Å². The Kier molecular flexibility index (Phi) is 5.88. The van der Waals surface area contributed by atoms with Gasteiger partial charge in [0.15, 0.2) is 11.5 Å². The molecule has 0 unspecified atom stereocenters. The van der Waals surface area contributed by atoms with Crippen molar-refractivity contribution in [2.75, 3.05) is 20.8 Å². The molecular formula is C14H14ClNO4. The predicted octanol–water partition coefficient (Wildman–Crippen LogP) is 2.83. The summed E-state index contributed by atoms with van der Waals surface area (Å²) >= 11 is 6.05. The quantitative estimate of drug-likeness (QED) is 0.474. The summed E-state index contributed by atoms with van der Waals surface area (Å²) in [5, 5.41) is 9.29. The molecule has 0 N–H and O–H groups in total. The van der Waals surface area contributed by atoms with E-state index in [4.69, 9.17) is 31.1 Å². The Hall–Kier alpha value is -2.19. The number of hydrogen-bond donors (Lipinski definition) is 0. The van der Waals surface area contributed by atoms with Crippen molar-refractivity contribution >= 4 is 23.6 Å². The molecule has 0 fully saturated rings. The Morgan fingerprint density at radius 1 is 1.40 bits per heavy atom. The first-order valence-corrected chi connectivity index (χ1v) is 6.15. The lowest BCUT2D eigenvalue weighted by Crippen LogP contribution is -2.06. The molecule has 0 atom stereocenters. The monoisotopic (exact) mass is 295 g/mol. The largest absolute Gasteiger partial charge is 0.493 e. The third-order valence-electron chi connectivity index (χ3n) is 2.38. The van der Waals surface area contributed by atoms with Crippen LogP contribution in [-0.4, -0.2) is 26.8 Å². The topological polar surface area (TPSA) is 68.6 Å². The molecule has 0 aliphatic rings. The van der Waals surface area contributed by atoms with Gasteiger partial charge in [-0.3, -0.25) is 0 Å². The highest BCUT2D eigenvalue weighted by molar-refractivity contribution is 6.32. The minimum Gasteiger partial charge on any atom is -0.493 e. The van der Waals surface area contributed by atoms with Gasteiger partial charge in [0.2, 0.25) is 0 Å². The molecule has 1 aromatic carbocycles. The van der Waals surface area contributed by atoms with Crippen LogP contribution in [0.1, 0.15) is 12.5 Å². The van der Waals surface area contributed by atoms with E-state index in [1.54, 1.807) is 25.1 Å². The van der Waals surface area contributed by atoms with Crippen LogP contribution in [0.2, 0.25) is 5.02 Å². The number of methoxy groups -OCH3 is 2. The number of halogens is 1. The Labute approximate surface area is 122 Å². The summed E-state index contributed by atoms with van der Waals surface area (Å²) in [6, 6.07) is 4.97. The first kappa shape index (κ1) is 15.9. The molecule has 6 heteroatoms. The van der Waals surface area contributed by atoms with Gasteiger partial charge in [-0.05, 0) is 30.7 Å². The number of hydrogen-bond acceptors (Lipinski definition) is 5. The fourth-order valence-electron chi connectivity index (χ4n) is 1.53. The van der Waals surface area contributed by atoms with E-state index < -0.39 is 5.97 Å². The van der Waals surface area contributed by atoms with Crippen LogP contribution in [0, 0.1) is 11.3 Å². The summed E-state index contributed by atoms with van der Waals surface area (Å²) in [5.74, 6) is 0.120. The smallest absolute Gasteiger partial charge is 0.348 e. The number of nitrogens with zero attached hydrogens (tertiary/aromatic N) is 1. The van der Waals surface area contributed by atoms with E-state index in [1.165, 1.54) is 20.3 Å². The molecule has 0 heterocycles. The zero-order valence-electron chi connectivity index (χ0n) is 11.4. The van der Waals surface area contributed by atoms with Gasteiger partial charge in [0.25, 0.3) is 0 Å². The molecule has 20 heavy (non-hydrogen) atoms. The van der Waals surface area contributed by atoms with Crippen molar-refractivity contribution in [2.45, 2.75) is 6.92 Å². The van der Waals surface area contributed by atoms with Gasteiger partial charge in [-0.1, -0.05) is 11.6 Å². The minimum absolute atomic E-state index is 0.116. The van der Waals surface area contributed by atoms with Crippen LogP contribution < -0.4 is 9.47 Å². The molecule has 1 rings (SSSR count). The second-order valence-corrected chi connectivity index (χ2v) is 4.04. The maximum atomic E-state index is 11.5. The normalized spacial score (nSPS) is 10.7. The summed E-state index contributed by atoms with van der Waals surface area (Å²) < 4.78 is 15.0. The number of carbonyl (C=O) groups excluding carboxylic acids is 1. The summed E-state index contributed by atoms with van der Waals surface area (Å²) in [4.78, 5) is 11.5. The number of nitriles is 1. The van der Waals surface area contributed by atoms with Gasteiger partial charge in [0.1, 0.15) is 11.6 Å². The molecule has 0 aliphatic heterocycles. The zero-order chi connectivity index (χ0) is 15.1. The highest BCUT2D eigenvalue weighted by Gasteiger charge is 2.13. The average molecular weight is 296 g/mol. The van der Waals surface area contributed by atoms with Crippen molar-refractivity contribution in [1.29, 1.82) is 5.26 Å². The van der Waals surface area contributed by atoms with E-state index in [0.717, 1.165) is 0 Å². The van der Waals surface area contributed by atoms with Gasteiger partial charge < -0.3 is 14.2 Å². The first-order chi connectivity index (χ1) is 9.57. The Morgan fingerprint density at radius 2 is 2.10 bits per heavy atom. The maximum Gasteiger partial charge on any atom is 0.348 e. The van der Waals surface area contributed by atoms with Crippen molar-refractivity contribution in [1.82, 2.24) is 0 Å². The van der Waals surface area contributed by atoms with Crippen LogP contribution in [-0.2, 0) is 9.53 Å². The second-order valence-electron chi connectivity index (χ2n) is 3.63. The molecule has 1 aromatic rings. The van der Waals surface area contributed by atoms with Crippen LogP contribution in [0.25, 0.3) is 6.08 Å². The summed E-state index contributed by atoms with van der Waals surface area (Å²) in [7, 11) is 2.94. The number of carbonyl (C=O) groups is 1.